The second-order valence-corrected chi connectivity index (χ2v) is 4.63. The Morgan fingerprint density at radius 3 is 2.59 bits per heavy atom. The lowest BCUT2D eigenvalue weighted by atomic mass is 10.1. The Kier molecular flexibility index (Phi) is 4.18. The fraction of sp³-hybridized carbons (Fsp3) is 0.692. The highest BCUT2D eigenvalue weighted by atomic mass is 16.5. The average Bonchev–Trinajstić information content (AvgIpc) is 2.58. The van der Waals surface area contributed by atoms with Crippen molar-refractivity contribution >= 4 is 5.82 Å². The van der Waals surface area contributed by atoms with Crippen LogP contribution < -0.4 is 10.5 Å². The molecule has 0 radical (unpaired) electrons. The molecule has 0 atom stereocenters. The summed E-state index contributed by atoms with van der Waals surface area (Å²) in [7, 11) is 0. The number of nitrogens with two attached hydrogens (primary N) is 1. The number of anilines is 1. The van der Waals surface area contributed by atoms with Crippen LogP contribution in [0.3, 0.4) is 0 Å². The molecule has 0 saturated heterocycles. The van der Waals surface area contributed by atoms with Crippen LogP contribution in [0.4, 0.5) is 5.82 Å². The summed E-state index contributed by atoms with van der Waals surface area (Å²) in [5.74, 6) is 1.23. The Labute approximate surface area is 103 Å². The minimum atomic E-state index is 0.303. The number of hydrogen-bond donors (Lipinski definition) is 1. The SMILES string of the molecule is CCc1c(N)ncnc1OC1CCCCCC1. The molecule has 1 aliphatic rings. The topological polar surface area (TPSA) is 61.0 Å². The van der Waals surface area contributed by atoms with Crippen LogP contribution in [0.2, 0.25) is 0 Å². The Balaban J connectivity index is 2.09. The van der Waals surface area contributed by atoms with Crippen LogP contribution in [0.15, 0.2) is 6.33 Å². The van der Waals surface area contributed by atoms with Gasteiger partial charge in [0.25, 0.3) is 0 Å². The summed E-state index contributed by atoms with van der Waals surface area (Å²) in [6, 6.07) is 0. The van der Waals surface area contributed by atoms with Gasteiger partial charge >= 0.3 is 0 Å². The van der Waals surface area contributed by atoms with Gasteiger partial charge in [0.1, 0.15) is 18.2 Å². The highest BCUT2D eigenvalue weighted by molar-refractivity contribution is 5.44. The summed E-state index contributed by atoms with van der Waals surface area (Å²) >= 11 is 0. The van der Waals surface area contributed by atoms with Crippen molar-refractivity contribution in [2.75, 3.05) is 5.73 Å². The van der Waals surface area contributed by atoms with E-state index in [9.17, 15) is 0 Å². The van der Waals surface area contributed by atoms with Crippen LogP contribution in [0.1, 0.15) is 51.0 Å². The van der Waals surface area contributed by atoms with Crippen LogP contribution in [-0.2, 0) is 6.42 Å². The summed E-state index contributed by atoms with van der Waals surface area (Å²) in [5.41, 5.74) is 6.78. The van der Waals surface area contributed by atoms with Gasteiger partial charge in [0.2, 0.25) is 5.88 Å². The average molecular weight is 235 g/mol. The van der Waals surface area contributed by atoms with Gasteiger partial charge in [0.05, 0.1) is 5.56 Å². The van der Waals surface area contributed by atoms with Gasteiger partial charge in [0.15, 0.2) is 0 Å². The molecule has 0 amide bonds. The first-order chi connectivity index (χ1) is 8.31. The Morgan fingerprint density at radius 1 is 1.24 bits per heavy atom. The van der Waals surface area contributed by atoms with E-state index in [4.69, 9.17) is 10.5 Å². The molecule has 2 rings (SSSR count). The minimum absolute atomic E-state index is 0.303. The van der Waals surface area contributed by atoms with Gasteiger partial charge in [-0.3, -0.25) is 0 Å². The molecular formula is C13H21N3O. The van der Waals surface area contributed by atoms with Crippen molar-refractivity contribution in [1.82, 2.24) is 9.97 Å². The van der Waals surface area contributed by atoms with E-state index in [1.807, 2.05) is 0 Å². The zero-order chi connectivity index (χ0) is 12.1. The zero-order valence-corrected chi connectivity index (χ0v) is 10.5. The van der Waals surface area contributed by atoms with Crippen LogP contribution >= 0.6 is 0 Å². The molecule has 2 N–H and O–H groups in total. The summed E-state index contributed by atoms with van der Waals surface area (Å²) in [6.07, 6.45) is 10.0. The monoisotopic (exact) mass is 235 g/mol. The van der Waals surface area contributed by atoms with Crippen molar-refractivity contribution in [1.29, 1.82) is 0 Å². The molecule has 94 valence electrons. The maximum Gasteiger partial charge on any atom is 0.222 e. The summed E-state index contributed by atoms with van der Waals surface area (Å²) in [4.78, 5) is 8.23. The molecule has 0 aromatic carbocycles. The fourth-order valence-electron chi connectivity index (χ4n) is 2.36. The molecule has 1 aromatic rings. The molecule has 1 aromatic heterocycles. The number of nitrogens with zero attached hydrogens (tertiary/aromatic N) is 2. The van der Waals surface area contributed by atoms with E-state index in [1.165, 1.54) is 32.0 Å². The molecule has 4 heteroatoms. The van der Waals surface area contributed by atoms with Crippen molar-refractivity contribution in [2.45, 2.75) is 58.0 Å². The van der Waals surface area contributed by atoms with Crippen LogP contribution in [0.5, 0.6) is 5.88 Å². The fourth-order valence-corrected chi connectivity index (χ4v) is 2.36. The molecule has 4 nitrogen and oxygen atoms in total. The highest BCUT2D eigenvalue weighted by Gasteiger charge is 2.17. The van der Waals surface area contributed by atoms with Crippen molar-refractivity contribution in [3.05, 3.63) is 11.9 Å². The van der Waals surface area contributed by atoms with Gasteiger partial charge in [0, 0.05) is 0 Å². The predicted octanol–water partition coefficient (Wildman–Crippen LogP) is 2.72. The van der Waals surface area contributed by atoms with E-state index in [1.54, 1.807) is 0 Å². The molecular weight excluding hydrogens is 214 g/mol. The first kappa shape index (κ1) is 12.1. The molecule has 0 unspecified atom stereocenters. The van der Waals surface area contributed by atoms with E-state index in [2.05, 4.69) is 16.9 Å². The van der Waals surface area contributed by atoms with Gasteiger partial charge in [-0.25, -0.2) is 9.97 Å². The first-order valence-corrected chi connectivity index (χ1v) is 6.57. The van der Waals surface area contributed by atoms with Gasteiger partial charge in [-0.05, 0) is 32.1 Å². The number of ether oxygens (including phenoxy) is 1. The second-order valence-electron chi connectivity index (χ2n) is 4.63. The number of aromatic nitrogens is 2. The minimum Gasteiger partial charge on any atom is -0.474 e. The Morgan fingerprint density at radius 2 is 1.94 bits per heavy atom. The molecule has 1 heterocycles. The van der Waals surface area contributed by atoms with E-state index in [0.29, 0.717) is 17.8 Å². The number of hydrogen-bond acceptors (Lipinski definition) is 4. The van der Waals surface area contributed by atoms with Crippen LogP contribution in [0.25, 0.3) is 0 Å². The third-order valence-electron chi connectivity index (χ3n) is 3.37. The second kappa shape index (κ2) is 5.84. The van der Waals surface area contributed by atoms with E-state index < -0.39 is 0 Å². The van der Waals surface area contributed by atoms with E-state index in [-0.39, 0.29) is 0 Å². The maximum absolute atomic E-state index is 6.01. The van der Waals surface area contributed by atoms with Gasteiger partial charge < -0.3 is 10.5 Å². The van der Waals surface area contributed by atoms with Crippen molar-refractivity contribution < 1.29 is 4.74 Å². The summed E-state index contributed by atoms with van der Waals surface area (Å²) in [6.45, 7) is 2.05. The largest absolute Gasteiger partial charge is 0.474 e. The third kappa shape index (κ3) is 3.08. The van der Waals surface area contributed by atoms with Gasteiger partial charge in [-0.15, -0.1) is 0 Å². The summed E-state index contributed by atoms with van der Waals surface area (Å²) in [5, 5.41) is 0. The normalized spacial score (nSPS) is 17.7. The van der Waals surface area contributed by atoms with E-state index in [0.717, 1.165) is 24.8 Å². The maximum atomic E-state index is 6.01. The predicted molar refractivity (Wildman–Crippen MR) is 67.9 cm³/mol. The first-order valence-electron chi connectivity index (χ1n) is 6.57. The quantitative estimate of drug-likeness (QED) is 0.818. The van der Waals surface area contributed by atoms with Crippen molar-refractivity contribution in [3.8, 4) is 5.88 Å². The highest BCUT2D eigenvalue weighted by Crippen LogP contribution is 2.25. The molecule has 0 bridgehead atoms. The number of nitrogen functional groups attached to an aromatic ring is 1. The molecule has 0 spiro atoms. The third-order valence-corrected chi connectivity index (χ3v) is 3.37. The van der Waals surface area contributed by atoms with Crippen LogP contribution in [-0.4, -0.2) is 16.1 Å². The summed E-state index contributed by atoms with van der Waals surface area (Å²) < 4.78 is 6.01. The lowest BCUT2D eigenvalue weighted by molar-refractivity contribution is 0.174. The van der Waals surface area contributed by atoms with Crippen molar-refractivity contribution in [2.24, 2.45) is 0 Å². The molecule has 0 aliphatic heterocycles. The van der Waals surface area contributed by atoms with Gasteiger partial charge in [-0.1, -0.05) is 19.8 Å². The zero-order valence-electron chi connectivity index (χ0n) is 10.5. The van der Waals surface area contributed by atoms with Crippen molar-refractivity contribution in [3.63, 3.8) is 0 Å². The lowest BCUT2D eigenvalue weighted by Gasteiger charge is -2.18. The Bertz CT molecular complexity index is 360. The standard InChI is InChI=1S/C13H21N3O/c1-2-11-12(14)15-9-16-13(11)17-10-7-5-3-4-6-8-10/h9-10H,2-8H2,1H3,(H2,14,15,16). The molecule has 1 aliphatic carbocycles. The molecule has 17 heavy (non-hydrogen) atoms. The van der Waals surface area contributed by atoms with E-state index >= 15 is 0 Å². The Hall–Kier alpha value is -1.32. The molecule has 1 fully saturated rings. The van der Waals surface area contributed by atoms with Gasteiger partial charge in [-0.2, -0.15) is 0 Å². The number of rotatable bonds is 3. The van der Waals surface area contributed by atoms with Crippen LogP contribution in [0, 0.1) is 0 Å². The smallest absolute Gasteiger partial charge is 0.222 e. The molecule has 1 saturated carbocycles. The lowest BCUT2D eigenvalue weighted by Crippen LogP contribution is -2.17.